The van der Waals surface area contributed by atoms with E-state index in [2.05, 4.69) is 21.2 Å². The minimum atomic E-state index is -0.0393. The first-order chi connectivity index (χ1) is 7.40. The molecule has 90 valence electrons. The predicted molar refractivity (Wildman–Crippen MR) is 68.6 cm³/mol. The lowest BCUT2D eigenvalue weighted by Gasteiger charge is -2.18. The van der Waals surface area contributed by atoms with Crippen molar-refractivity contribution >= 4 is 21.8 Å². The second-order valence-electron chi connectivity index (χ2n) is 4.29. The highest BCUT2D eigenvalue weighted by atomic mass is 79.9. The molecule has 0 aliphatic rings. The van der Waals surface area contributed by atoms with Gasteiger partial charge in [-0.1, -0.05) is 0 Å². The van der Waals surface area contributed by atoms with E-state index in [0.717, 1.165) is 11.0 Å². The monoisotopic (exact) mass is 287 g/mol. The first-order valence-corrected chi connectivity index (χ1v) is 5.97. The van der Waals surface area contributed by atoms with Gasteiger partial charge in [0.1, 0.15) is 5.69 Å². The number of aromatic nitrogens is 1. The van der Waals surface area contributed by atoms with Gasteiger partial charge in [-0.2, -0.15) is 0 Å². The lowest BCUT2D eigenvalue weighted by molar-refractivity contribution is 0.0926. The van der Waals surface area contributed by atoms with Crippen LogP contribution < -0.4 is 5.32 Å². The lowest BCUT2D eigenvalue weighted by atomic mass is 10.3. The molecule has 1 heterocycles. The van der Waals surface area contributed by atoms with Crippen LogP contribution in [0.5, 0.6) is 0 Å². The molecule has 0 saturated heterocycles. The van der Waals surface area contributed by atoms with Crippen molar-refractivity contribution < 1.29 is 4.79 Å². The topological polar surface area (TPSA) is 37.3 Å². The summed E-state index contributed by atoms with van der Waals surface area (Å²) in [5.41, 5.74) is 0.664. The van der Waals surface area contributed by atoms with Crippen LogP contribution in [0, 0.1) is 0 Å². The number of hydrogen-bond donors (Lipinski definition) is 1. The number of hydrogen-bond acceptors (Lipinski definition) is 2. The fraction of sp³-hybridized carbons (Fsp3) is 0.545. The maximum atomic E-state index is 11.9. The summed E-state index contributed by atoms with van der Waals surface area (Å²) in [5, 5.41) is 2.96. The Hall–Kier alpha value is -0.810. The third-order valence-electron chi connectivity index (χ3n) is 2.22. The minimum absolute atomic E-state index is 0.0393. The van der Waals surface area contributed by atoms with E-state index in [1.54, 1.807) is 0 Å². The zero-order chi connectivity index (χ0) is 12.3. The number of likely N-dealkylation sites (N-methyl/N-ethyl adjacent to an activating group) is 1. The molecule has 0 spiro atoms. The molecule has 16 heavy (non-hydrogen) atoms. The van der Waals surface area contributed by atoms with Gasteiger partial charge in [-0.25, -0.2) is 0 Å². The lowest BCUT2D eigenvalue weighted by Crippen LogP contribution is -2.40. The molecule has 1 aromatic rings. The van der Waals surface area contributed by atoms with Crippen molar-refractivity contribution in [2.24, 2.45) is 7.05 Å². The van der Waals surface area contributed by atoms with Crippen molar-refractivity contribution in [1.82, 2.24) is 14.8 Å². The van der Waals surface area contributed by atoms with Crippen LogP contribution in [-0.4, -0.2) is 42.1 Å². The third-order valence-corrected chi connectivity index (χ3v) is 2.65. The molecule has 0 aromatic carbocycles. The van der Waals surface area contributed by atoms with Gasteiger partial charge >= 0.3 is 0 Å². The highest BCUT2D eigenvalue weighted by Gasteiger charge is 2.13. The smallest absolute Gasteiger partial charge is 0.268 e. The Labute approximate surface area is 105 Å². The molecule has 1 unspecified atom stereocenters. The molecule has 1 amide bonds. The van der Waals surface area contributed by atoms with E-state index in [-0.39, 0.29) is 11.9 Å². The second-order valence-corrected chi connectivity index (χ2v) is 5.21. The number of rotatable bonds is 4. The van der Waals surface area contributed by atoms with Crippen LogP contribution in [0.25, 0.3) is 0 Å². The van der Waals surface area contributed by atoms with Crippen molar-refractivity contribution in [3.8, 4) is 0 Å². The highest BCUT2D eigenvalue weighted by molar-refractivity contribution is 9.10. The van der Waals surface area contributed by atoms with Crippen LogP contribution in [0.15, 0.2) is 16.7 Å². The fourth-order valence-corrected chi connectivity index (χ4v) is 2.17. The van der Waals surface area contributed by atoms with E-state index >= 15 is 0 Å². The summed E-state index contributed by atoms with van der Waals surface area (Å²) in [7, 11) is 5.83. The van der Waals surface area contributed by atoms with Gasteiger partial charge in [0.15, 0.2) is 0 Å². The Morgan fingerprint density at radius 1 is 1.62 bits per heavy atom. The maximum absolute atomic E-state index is 11.9. The standard InChI is InChI=1S/C11H18BrN3O/c1-8(6-14(2)3)13-11(16)10-5-9(12)7-15(10)4/h5,7-8H,6H2,1-4H3,(H,13,16). The van der Waals surface area contributed by atoms with Crippen LogP contribution in [0.2, 0.25) is 0 Å². The molecule has 0 fully saturated rings. The first-order valence-electron chi connectivity index (χ1n) is 5.17. The molecule has 4 nitrogen and oxygen atoms in total. The van der Waals surface area contributed by atoms with Crippen molar-refractivity contribution in [3.05, 3.63) is 22.4 Å². The largest absolute Gasteiger partial charge is 0.347 e. The van der Waals surface area contributed by atoms with E-state index in [9.17, 15) is 4.79 Å². The van der Waals surface area contributed by atoms with Gasteiger partial charge in [0.25, 0.3) is 5.91 Å². The summed E-state index contributed by atoms with van der Waals surface area (Å²) in [6, 6.07) is 1.95. The molecule has 0 aliphatic carbocycles. The van der Waals surface area contributed by atoms with E-state index in [4.69, 9.17) is 0 Å². The van der Waals surface area contributed by atoms with Crippen molar-refractivity contribution in [2.45, 2.75) is 13.0 Å². The van der Waals surface area contributed by atoms with Gasteiger partial charge in [-0.05, 0) is 43.0 Å². The van der Waals surface area contributed by atoms with Gasteiger partial charge in [-0.15, -0.1) is 0 Å². The summed E-state index contributed by atoms with van der Waals surface area (Å²) in [5.74, 6) is -0.0393. The number of halogens is 1. The Morgan fingerprint density at radius 3 is 2.69 bits per heavy atom. The molecule has 5 heteroatoms. The molecule has 1 aromatic heterocycles. The van der Waals surface area contributed by atoms with Gasteiger partial charge in [0, 0.05) is 30.3 Å². The SMILES string of the molecule is CC(CN(C)C)NC(=O)c1cc(Br)cn1C. The van der Waals surface area contributed by atoms with Crippen molar-refractivity contribution in [3.63, 3.8) is 0 Å². The van der Waals surface area contributed by atoms with E-state index in [0.29, 0.717) is 5.69 Å². The molecule has 0 radical (unpaired) electrons. The van der Waals surface area contributed by atoms with E-state index < -0.39 is 0 Å². The molecule has 1 rings (SSSR count). The number of nitrogens with zero attached hydrogens (tertiary/aromatic N) is 2. The Bertz CT molecular complexity index is 373. The predicted octanol–water partition coefficient (Wildman–Crippen LogP) is 1.47. The first kappa shape index (κ1) is 13.3. The van der Waals surface area contributed by atoms with E-state index in [1.165, 1.54) is 0 Å². The molecule has 0 aliphatic heterocycles. The molecule has 1 atom stereocenters. The normalized spacial score (nSPS) is 12.9. The maximum Gasteiger partial charge on any atom is 0.268 e. The van der Waals surface area contributed by atoms with Gasteiger partial charge in [-0.3, -0.25) is 4.79 Å². The minimum Gasteiger partial charge on any atom is -0.347 e. The second kappa shape index (κ2) is 5.50. The summed E-state index contributed by atoms with van der Waals surface area (Å²) < 4.78 is 2.72. The Kier molecular flexibility index (Phi) is 4.56. The van der Waals surface area contributed by atoms with Crippen molar-refractivity contribution in [2.75, 3.05) is 20.6 Å². The van der Waals surface area contributed by atoms with Crippen LogP contribution >= 0.6 is 15.9 Å². The Morgan fingerprint density at radius 2 is 2.25 bits per heavy atom. The summed E-state index contributed by atoms with van der Waals surface area (Å²) in [6.45, 7) is 2.83. The molecular weight excluding hydrogens is 270 g/mol. The average molecular weight is 288 g/mol. The third kappa shape index (κ3) is 3.64. The van der Waals surface area contributed by atoms with Crippen molar-refractivity contribution in [1.29, 1.82) is 0 Å². The quantitative estimate of drug-likeness (QED) is 0.911. The number of amides is 1. The summed E-state index contributed by atoms with van der Waals surface area (Å²) in [6.07, 6.45) is 1.87. The van der Waals surface area contributed by atoms with Gasteiger partial charge in [0.05, 0.1) is 0 Å². The zero-order valence-corrected chi connectivity index (χ0v) is 11.7. The Balaban J connectivity index is 2.62. The van der Waals surface area contributed by atoms with Gasteiger partial charge < -0.3 is 14.8 Å². The average Bonchev–Trinajstić information content (AvgIpc) is 2.43. The van der Waals surface area contributed by atoms with E-state index in [1.807, 2.05) is 49.8 Å². The zero-order valence-electron chi connectivity index (χ0n) is 10.1. The van der Waals surface area contributed by atoms with Crippen LogP contribution in [0.4, 0.5) is 0 Å². The number of carbonyl (C=O) groups is 1. The number of nitrogens with one attached hydrogen (secondary N) is 1. The molecule has 0 saturated carbocycles. The van der Waals surface area contributed by atoms with Crippen LogP contribution in [-0.2, 0) is 7.05 Å². The number of aryl methyl sites for hydroxylation is 1. The molecule has 1 N–H and O–H groups in total. The summed E-state index contributed by atoms with van der Waals surface area (Å²) in [4.78, 5) is 13.9. The highest BCUT2D eigenvalue weighted by Crippen LogP contribution is 2.13. The van der Waals surface area contributed by atoms with Gasteiger partial charge in [0.2, 0.25) is 0 Å². The molecular formula is C11H18BrN3O. The molecule has 0 bridgehead atoms. The van der Waals surface area contributed by atoms with Crippen LogP contribution in [0.3, 0.4) is 0 Å². The number of carbonyl (C=O) groups excluding carboxylic acids is 1. The van der Waals surface area contributed by atoms with Crippen LogP contribution in [0.1, 0.15) is 17.4 Å². The summed E-state index contributed by atoms with van der Waals surface area (Å²) >= 11 is 3.35. The fourth-order valence-electron chi connectivity index (χ4n) is 1.64.